The maximum atomic E-state index is 5.93. The van der Waals surface area contributed by atoms with E-state index in [1.807, 2.05) is 25.1 Å². The molecule has 7 heteroatoms. The normalized spacial score (nSPS) is 10.8. The second-order valence-electron chi connectivity index (χ2n) is 4.33. The number of rotatable bonds is 4. The zero-order valence-corrected chi connectivity index (χ0v) is 13.1. The van der Waals surface area contributed by atoms with Gasteiger partial charge in [-0.1, -0.05) is 22.9 Å². The predicted molar refractivity (Wildman–Crippen MR) is 85.9 cm³/mol. The lowest BCUT2D eigenvalue weighted by Gasteiger charge is -2.02. The second kappa shape index (κ2) is 5.83. The fraction of sp³-hybridized carbons (Fsp3) is 0.214. The highest BCUT2D eigenvalue weighted by atomic mass is 35.5. The number of aromatic nitrogens is 3. The number of ether oxygens (including phenoxy) is 1. The van der Waals surface area contributed by atoms with Crippen LogP contribution in [0, 0.1) is 6.92 Å². The van der Waals surface area contributed by atoms with Crippen molar-refractivity contribution in [3.8, 4) is 5.75 Å². The molecule has 0 fully saturated rings. The summed E-state index contributed by atoms with van der Waals surface area (Å²) < 4.78 is 6.55. The largest absolute Gasteiger partial charge is 0.494 e. The van der Waals surface area contributed by atoms with Crippen LogP contribution >= 0.6 is 22.9 Å². The average molecular weight is 321 g/mol. The fourth-order valence-electron chi connectivity index (χ4n) is 1.92. The highest BCUT2D eigenvalue weighted by molar-refractivity contribution is 7.22. The van der Waals surface area contributed by atoms with E-state index in [2.05, 4.69) is 20.3 Å². The van der Waals surface area contributed by atoms with Gasteiger partial charge < -0.3 is 10.1 Å². The lowest BCUT2D eigenvalue weighted by Crippen LogP contribution is -1.96. The maximum absolute atomic E-state index is 5.93. The molecule has 1 N–H and O–H groups in total. The van der Waals surface area contributed by atoms with Crippen LogP contribution in [0.2, 0.25) is 5.15 Å². The van der Waals surface area contributed by atoms with E-state index in [1.54, 1.807) is 13.0 Å². The molecule has 0 aliphatic rings. The lowest BCUT2D eigenvalue weighted by atomic mass is 10.3. The number of nitrogens with zero attached hydrogens (tertiary/aromatic N) is 3. The Labute approximate surface area is 131 Å². The van der Waals surface area contributed by atoms with Crippen LogP contribution in [-0.4, -0.2) is 21.6 Å². The smallest absolute Gasteiger partial charge is 0.189 e. The van der Waals surface area contributed by atoms with Crippen molar-refractivity contribution in [1.82, 2.24) is 15.0 Å². The average Bonchev–Trinajstić information content (AvgIpc) is 2.79. The Morgan fingerprint density at radius 2 is 2.10 bits per heavy atom. The van der Waals surface area contributed by atoms with Crippen LogP contribution in [0.25, 0.3) is 10.2 Å². The summed E-state index contributed by atoms with van der Waals surface area (Å²) in [5.41, 5.74) is 0.919. The maximum Gasteiger partial charge on any atom is 0.189 e. The van der Waals surface area contributed by atoms with Crippen LogP contribution in [0.4, 0.5) is 10.9 Å². The Morgan fingerprint density at radius 3 is 2.86 bits per heavy atom. The number of hydrogen-bond donors (Lipinski definition) is 1. The van der Waals surface area contributed by atoms with Crippen molar-refractivity contribution in [2.75, 3.05) is 11.9 Å². The van der Waals surface area contributed by atoms with Crippen LogP contribution < -0.4 is 10.1 Å². The second-order valence-corrected chi connectivity index (χ2v) is 5.75. The Bertz CT molecular complexity index is 769. The highest BCUT2D eigenvalue weighted by Gasteiger charge is 2.07. The van der Waals surface area contributed by atoms with Crippen molar-refractivity contribution in [3.05, 3.63) is 35.2 Å². The third kappa shape index (κ3) is 3.22. The number of thiazole rings is 1. The topological polar surface area (TPSA) is 59.9 Å². The number of nitrogens with one attached hydrogen (secondary N) is 1. The van der Waals surface area contributed by atoms with Crippen molar-refractivity contribution >= 4 is 44.1 Å². The first kappa shape index (κ1) is 14.0. The zero-order chi connectivity index (χ0) is 14.8. The number of halogens is 1. The summed E-state index contributed by atoms with van der Waals surface area (Å²) in [5.74, 6) is 2.10. The molecule has 0 bridgehead atoms. The number of fused-ring (bicyclic) bond motifs is 1. The van der Waals surface area contributed by atoms with E-state index >= 15 is 0 Å². The summed E-state index contributed by atoms with van der Waals surface area (Å²) in [6.45, 7) is 4.41. The number of aryl methyl sites for hydroxylation is 1. The van der Waals surface area contributed by atoms with Gasteiger partial charge in [-0.25, -0.2) is 15.0 Å². The minimum Gasteiger partial charge on any atom is -0.494 e. The summed E-state index contributed by atoms with van der Waals surface area (Å²) in [7, 11) is 0. The van der Waals surface area contributed by atoms with E-state index in [0.29, 0.717) is 23.4 Å². The van der Waals surface area contributed by atoms with E-state index in [-0.39, 0.29) is 0 Å². The van der Waals surface area contributed by atoms with Gasteiger partial charge in [-0.15, -0.1) is 0 Å². The van der Waals surface area contributed by atoms with Crippen LogP contribution in [0.5, 0.6) is 5.75 Å². The molecular weight excluding hydrogens is 308 g/mol. The Hall–Kier alpha value is -1.92. The minimum atomic E-state index is 0.407. The van der Waals surface area contributed by atoms with Crippen LogP contribution in [0.1, 0.15) is 12.7 Å². The summed E-state index contributed by atoms with van der Waals surface area (Å²) >= 11 is 7.46. The van der Waals surface area contributed by atoms with Crippen molar-refractivity contribution < 1.29 is 4.74 Å². The van der Waals surface area contributed by atoms with Crippen molar-refractivity contribution in [1.29, 1.82) is 0 Å². The molecule has 0 saturated carbocycles. The molecule has 5 nitrogen and oxygen atoms in total. The van der Waals surface area contributed by atoms with E-state index in [1.165, 1.54) is 11.3 Å². The molecule has 3 rings (SSSR count). The molecule has 0 amide bonds. The minimum absolute atomic E-state index is 0.407. The first-order chi connectivity index (χ1) is 10.1. The van der Waals surface area contributed by atoms with E-state index in [4.69, 9.17) is 16.3 Å². The molecule has 0 radical (unpaired) electrons. The molecule has 1 aromatic carbocycles. The van der Waals surface area contributed by atoms with E-state index in [0.717, 1.165) is 21.1 Å². The van der Waals surface area contributed by atoms with Crippen molar-refractivity contribution in [3.63, 3.8) is 0 Å². The molecule has 2 aromatic heterocycles. The Balaban J connectivity index is 1.90. The Kier molecular flexibility index (Phi) is 3.90. The molecule has 3 aromatic rings. The van der Waals surface area contributed by atoms with Gasteiger partial charge in [0.1, 0.15) is 22.5 Å². The summed E-state index contributed by atoms with van der Waals surface area (Å²) in [6, 6.07) is 7.52. The molecule has 21 heavy (non-hydrogen) atoms. The van der Waals surface area contributed by atoms with Crippen LogP contribution in [0.3, 0.4) is 0 Å². The van der Waals surface area contributed by atoms with Crippen LogP contribution in [-0.2, 0) is 0 Å². The number of anilines is 2. The van der Waals surface area contributed by atoms with Gasteiger partial charge >= 0.3 is 0 Å². The fourth-order valence-corrected chi connectivity index (χ4v) is 3.05. The molecule has 0 saturated heterocycles. The lowest BCUT2D eigenvalue weighted by molar-refractivity contribution is 0.341. The van der Waals surface area contributed by atoms with Crippen LogP contribution in [0.15, 0.2) is 24.3 Å². The quantitative estimate of drug-likeness (QED) is 0.730. The molecule has 108 valence electrons. The summed E-state index contributed by atoms with van der Waals surface area (Å²) in [4.78, 5) is 12.8. The first-order valence-electron chi connectivity index (χ1n) is 6.45. The standard InChI is InChI=1S/C14H13ClN4OS/c1-3-20-9-4-5-10-11(6-9)21-14(18-10)19-13-7-12(15)16-8(2)17-13/h4-7H,3H2,1-2H3,(H,16,17,18,19). The van der Waals surface area contributed by atoms with E-state index < -0.39 is 0 Å². The summed E-state index contributed by atoms with van der Waals surface area (Å²) in [5, 5.41) is 4.32. The van der Waals surface area contributed by atoms with Gasteiger partial charge in [0, 0.05) is 6.07 Å². The van der Waals surface area contributed by atoms with Gasteiger partial charge in [0.05, 0.1) is 16.8 Å². The van der Waals surface area contributed by atoms with E-state index in [9.17, 15) is 0 Å². The number of hydrogen-bond acceptors (Lipinski definition) is 6. The Morgan fingerprint density at radius 1 is 1.24 bits per heavy atom. The third-order valence-corrected chi connectivity index (χ3v) is 3.84. The molecule has 0 aliphatic carbocycles. The zero-order valence-electron chi connectivity index (χ0n) is 11.6. The van der Waals surface area contributed by atoms with Crippen molar-refractivity contribution in [2.45, 2.75) is 13.8 Å². The third-order valence-electron chi connectivity index (χ3n) is 2.71. The SMILES string of the molecule is CCOc1ccc2nc(Nc3cc(Cl)nc(C)n3)sc2c1. The van der Waals surface area contributed by atoms with Crippen molar-refractivity contribution in [2.24, 2.45) is 0 Å². The monoisotopic (exact) mass is 320 g/mol. The van der Waals surface area contributed by atoms with Gasteiger partial charge in [-0.3, -0.25) is 0 Å². The van der Waals surface area contributed by atoms with Gasteiger partial charge in [-0.05, 0) is 32.0 Å². The molecular formula is C14H13ClN4OS. The highest BCUT2D eigenvalue weighted by Crippen LogP contribution is 2.30. The van der Waals surface area contributed by atoms with Gasteiger partial charge in [0.15, 0.2) is 5.13 Å². The predicted octanol–water partition coefficient (Wildman–Crippen LogP) is 4.19. The molecule has 2 heterocycles. The van der Waals surface area contributed by atoms with Gasteiger partial charge in [0.25, 0.3) is 0 Å². The van der Waals surface area contributed by atoms with Gasteiger partial charge in [0.2, 0.25) is 0 Å². The summed E-state index contributed by atoms with van der Waals surface area (Å²) in [6.07, 6.45) is 0. The molecule has 0 unspecified atom stereocenters. The first-order valence-corrected chi connectivity index (χ1v) is 7.65. The van der Waals surface area contributed by atoms with Gasteiger partial charge in [-0.2, -0.15) is 0 Å². The number of benzene rings is 1. The molecule has 0 spiro atoms. The molecule has 0 atom stereocenters. The molecule has 0 aliphatic heterocycles.